The highest BCUT2D eigenvalue weighted by molar-refractivity contribution is 9.10. The van der Waals surface area contributed by atoms with Gasteiger partial charge >= 0.3 is 0 Å². The number of nitrogens with one attached hydrogen (secondary N) is 2. The third-order valence-electron chi connectivity index (χ3n) is 3.01. The molecule has 0 bridgehead atoms. The summed E-state index contributed by atoms with van der Waals surface area (Å²) in [7, 11) is 0. The minimum atomic E-state index is 0.332. The van der Waals surface area contributed by atoms with Crippen LogP contribution in [0.15, 0.2) is 28.7 Å². The van der Waals surface area contributed by atoms with Crippen LogP contribution in [0.3, 0.4) is 0 Å². The molecule has 88 valence electrons. The van der Waals surface area contributed by atoms with Gasteiger partial charge < -0.3 is 5.32 Å². The van der Waals surface area contributed by atoms with Gasteiger partial charge in [0.25, 0.3) is 0 Å². The SMILES string of the molecule is Brc1ccccc1-c1n[nH]c(C2CCCN2)n1. The Bertz CT molecular complexity index is 517. The van der Waals surface area contributed by atoms with Crippen molar-refractivity contribution < 1.29 is 0 Å². The molecule has 1 aliphatic rings. The van der Waals surface area contributed by atoms with Crippen molar-refractivity contribution in [1.29, 1.82) is 0 Å². The van der Waals surface area contributed by atoms with Gasteiger partial charge in [-0.05, 0) is 31.5 Å². The van der Waals surface area contributed by atoms with Gasteiger partial charge in [0.05, 0.1) is 6.04 Å². The van der Waals surface area contributed by atoms with E-state index in [1.54, 1.807) is 0 Å². The molecule has 3 rings (SSSR count). The van der Waals surface area contributed by atoms with Gasteiger partial charge in [-0.1, -0.05) is 28.1 Å². The van der Waals surface area contributed by atoms with Crippen LogP contribution in [0.1, 0.15) is 24.7 Å². The number of H-pyrrole nitrogens is 1. The van der Waals surface area contributed by atoms with Crippen molar-refractivity contribution in [2.75, 3.05) is 6.54 Å². The number of hydrogen-bond acceptors (Lipinski definition) is 3. The van der Waals surface area contributed by atoms with Gasteiger partial charge in [-0.15, -0.1) is 0 Å². The molecule has 1 aliphatic heterocycles. The van der Waals surface area contributed by atoms with Gasteiger partial charge in [0.1, 0.15) is 5.82 Å². The summed E-state index contributed by atoms with van der Waals surface area (Å²) in [6.45, 7) is 1.07. The lowest BCUT2D eigenvalue weighted by Gasteiger charge is -2.03. The Morgan fingerprint density at radius 1 is 1.29 bits per heavy atom. The van der Waals surface area contributed by atoms with Crippen molar-refractivity contribution in [2.45, 2.75) is 18.9 Å². The fraction of sp³-hybridized carbons (Fsp3) is 0.333. The monoisotopic (exact) mass is 292 g/mol. The zero-order valence-corrected chi connectivity index (χ0v) is 10.9. The van der Waals surface area contributed by atoms with E-state index in [9.17, 15) is 0 Å². The number of benzene rings is 1. The lowest BCUT2D eigenvalue weighted by atomic mass is 10.2. The molecule has 1 saturated heterocycles. The van der Waals surface area contributed by atoms with Crippen LogP contribution >= 0.6 is 15.9 Å². The molecule has 1 atom stereocenters. The highest BCUT2D eigenvalue weighted by Crippen LogP contribution is 2.27. The number of rotatable bonds is 2. The third-order valence-corrected chi connectivity index (χ3v) is 3.70. The summed E-state index contributed by atoms with van der Waals surface area (Å²) >= 11 is 3.52. The van der Waals surface area contributed by atoms with Gasteiger partial charge in [-0.25, -0.2) is 4.98 Å². The second kappa shape index (κ2) is 4.58. The molecule has 2 N–H and O–H groups in total. The molecule has 4 nitrogen and oxygen atoms in total. The molecule has 0 amide bonds. The van der Waals surface area contributed by atoms with E-state index in [4.69, 9.17) is 0 Å². The van der Waals surface area contributed by atoms with Gasteiger partial charge in [0.15, 0.2) is 5.82 Å². The maximum Gasteiger partial charge on any atom is 0.182 e. The van der Waals surface area contributed by atoms with E-state index in [1.165, 1.54) is 6.42 Å². The predicted octanol–water partition coefficient (Wildman–Crippen LogP) is 2.66. The first-order valence-corrected chi connectivity index (χ1v) is 6.54. The number of halogens is 1. The van der Waals surface area contributed by atoms with Crippen molar-refractivity contribution >= 4 is 15.9 Å². The first-order chi connectivity index (χ1) is 8.34. The maximum atomic E-state index is 4.56. The van der Waals surface area contributed by atoms with Crippen molar-refractivity contribution in [3.63, 3.8) is 0 Å². The summed E-state index contributed by atoms with van der Waals surface area (Å²) in [5.74, 6) is 1.69. The van der Waals surface area contributed by atoms with E-state index in [0.717, 1.165) is 34.7 Å². The molecule has 1 fully saturated rings. The second-order valence-corrected chi connectivity index (χ2v) is 5.03. The number of hydrogen-bond donors (Lipinski definition) is 2. The molecule has 0 aliphatic carbocycles. The molecular formula is C12H13BrN4. The highest BCUT2D eigenvalue weighted by atomic mass is 79.9. The van der Waals surface area contributed by atoms with E-state index in [0.29, 0.717) is 6.04 Å². The van der Waals surface area contributed by atoms with Gasteiger partial charge in [-0.2, -0.15) is 5.10 Å². The minimum Gasteiger partial charge on any atom is -0.307 e. The molecule has 0 spiro atoms. The average Bonchev–Trinajstić information content (AvgIpc) is 3.00. The van der Waals surface area contributed by atoms with Gasteiger partial charge in [0, 0.05) is 10.0 Å². The average molecular weight is 293 g/mol. The van der Waals surface area contributed by atoms with Crippen molar-refractivity contribution in [3.05, 3.63) is 34.6 Å². The third kappa shape index (κ3) is 2.12. The summed E-state index contributed by atoms with van der Waals surface area (Å²) in [6, 6.07) is 8.32. The maximum absolute atomic E-state index is 4.56. The zero-order chi connectivity index (χ0) is 11.7. The van der Waals surface area contributed by atoms with Gasteiger partial charge in [-0.3, -0.25) is 5.10 Å². The van der Waals surface area contributed by atoms with E-state index in [1.807, 2.05) is 24.3 Å². The Morgan fingerprint density at radius 3 is 2.94 bits per heavy atom. The van der Waals surface area contributed by atoms with Crippen molar-refractivity contribution in [1.82, 2.24) is 20.5 Å². The van der Waals surface area contributed by atoms with Crippen molar-refractivity contribution in [2.24, 2.45) is 0 Å². The lowest BCUT2D eigenvalue weighted by molar-refractivity contribution is 0.608. The van der Waals surface area contributed by atoms with Crippen LogP contribution in [0.25, 0.3) is 11.4 Å². The smallest absolute Gasteiger partial charge is 0.182 e. The molecule has 2 heterocycles. The van der Waals surface area contributed by atoms with E-state index in [2.05, 4.69) is 36.4 Å². The van der Waals surface area contributed by atoms with E-state index >= 15 is 0 Å². The van der Waals surface area contributed by atoms with Crippen LogP contribution in [0, 0.1) is 0 Å². The largest absolute Gasteiger partial charge is 0.307 e. The molecule has 2 aromatic rings. The number of aromatic nitrogens is 3. The summed E-state index contributed by atoms with van der Waals surface area (Å²) in [5, 5.41) is 10.7. The Labute approximate surface area is 108 Å². The molecule has 0 saturated carbocycles. The Kier molecular flexibility index (Phi) is 2.94. The summed E-state index contributed by atoms with van der Waals surface area (Å²) < 4.78 is 1.02. The molecule has 17 heavy (non-hydrogen) atoms. The minimum absolute atomic E-state index is 0.332. The Hall–Kier alpha value is -1.20. The van der Waals surface area contributed by atoms with Crippen LogP contribution in [0.4, 0.5) is 0 Å². The summed E-state index contributed by atoms with van der Waals surface area (Å²) in [4.78, 5) is 4.56. The molecule has 1 unspecified atom stereocenters. The molecule has 0 radical (unpaired) electrons. The summed E-state index contributed by atoms with van der Waals surface area (Å²) in [6.07, 6.45) is 2.33. The van der Waals surface area contributed by atoms with E-state index in [-0.39, 0.29) is 0 Å². The molecule has 1 aromatic carbocycles. The number of aromatic amines is 1. The fourth-order valence-corrected chi connectivity index (χ4v) is 2.57. The fourth-order valence-electron chi connectivity index (χ4n) is 2.11. The van der Waals surface area contributed by atoms with Crippen LogP contribution in [-0.4, -0.2) is 21.7 Å². The molecule has 1 aromatic heterocycles. The van der Waals surface area contributed by atoms with Crippen LogP contribution in [0.5, 0.6) is 0 Å². The Morgan fingerprint density at radius 2 is 2.18 bits per heavy atom. The first kappa shape index (κ1) is 10.9. The van der Waals surface area contributed by atoms with Crippen LogP contribution < -0.4 is 5.32 Å². The van der Waals surface area contributed by atoms with E-state index < -0.39 is 0 Å². The summed E-state index contributed by atoms with van der Waals surface area (Å²) in [5.41, 5.74) is 1.02. The lowest BCUT2D eigenvalue weighted by Crippen LogP contribution is -2.14. The molecule has 5 heteroatoms. The Balaban J connectivity index is 1.92. The normalized spacial score (nSPS) is 19.7. The van der Waals surface area contributed by atoms with Gasteiger partial charge in [0.2, 0.25) is 0 Å². The van der Waals surface area contributed by atoms with Crippen LogP contribution in [-0.2, 0) is 0 Å². The topological polar surface area (TPSA) is 53.6 Å². The second-order valence-electron chi connectivity index (χ2n) is 4.17. The predicted molar refractivity (Wildman–Crippen MR) is 69.5 cm³/mol. The highest BCUT2D eigenvalue weighted by Gasteiger charge is 2.20. The first-order valence-electron chi connectivity index (χ1n) is 5.75. The number of nitrogens with zero attached hydrogens (tertiary/aromatic N) is 2. The van der Waals surface area contributed by atoms with Crippen molar-refractivity contribution in [3.8, 4) is 11.4 Å². The van der Waals surface area contributed by atoms with Crippen LogP contribution in [0.2, 0.25) is 0 Å². The quantitative estimate of drug-likeness (QED) is 0.895. The zero-order valence-electron chi connectivity index (χ0n) is 9.28. The molecular weight excluding hydrogens is 280 g/mol. The standard InChI is InChI=1S/C12H13BrN4/c13-9-5-2-1-4-8(9)11-15-12(17-16-11)10-6-3-7-14-10/h1-2,4-5,10,14H,3,6-7H2,(H,15,16,17).